The Morgan fingerprint density at radius 2 is 1.50 bits per heavy atom. The predicted octanol–water partition coefficient (Wildman–Crippen LogP) is 2.51. The lowest BCUT2D eigenvalue weighted by Gasteiger charge is -2.28. The van der Waals surface area contributed by atoms with Crippen molar-refractivity contribution in [1.29, 1.82) is 0 Å². The van der Waals surface area contributed by atoms with Gasteiger partial charge in [0.1, 0.15) is 0 Å². The number of imidazole rings is 1. The first kappa shape index (κ1) is 52.5. The first-order valence-electron chi connectivity index (χ1n) is 23.4. The van der Waals surface area contributed by atoms with Crippen molar-refractivity contribution in [2.24, 2.45) is 16.5 Å². The van der Waals surface area contributed by atoms with Gasteiger partial charge < -0.3 is 51.7 Å². The second kappa shape index (κ2) is 28.0. The summed E-state index contributed by atoms with van der Waals surface area (Å²) in [6, 6.07) is 16.0. The molecule has 0 radical (unpaired) electrons. The number of benzene rings is 2. The van der Waals surface area contributed by atoms with E-state index in [4.69, 9.17) is 11.5 Å². The number of nitrogens with zero attached hydrogens (tertiary/aromatic N) is 6. The molecule has 0 saturated heterocycles. The molecule has 0 spiro atoms. The number of aliphatic imine (C=N–C) groups is 1. The standard InChI is InChI=1S/C49H68N12O6S/c1-3-23-58(32-44(63)54-22-27-68-2)47(66)33-60(26-19-38-28-56-43-12-7-6-11-42(38)43)45(64)16-15-40(62)31-59(24-8-20-55-49(50)51)48(67)34-61(46(65)30-52-21-17-39-29-53-35-57-39)25-18-37-14-13-36-9-4-5-10-41(36)37/h4-7,9-12,14,28-29,35,52,56H,3,8,13,15-27,30-34H2,1-2H3,(H,53,57)(H,54,63)(H4,50,51,55). The van der Waals surface area contributed by atoms with Gasteiger partial charge >= 0.3 is 0 Å². The van der Waals surface area contributed by atoms with Crippen LogP contribution in [0.15, 0.2) is 78.3 Å². The van der Waals surface area contributed by atoms with Crippen LogP contribution in [0.4, 0.5) is 0 Å². The Morgan fingerprint density at radius 1 is 0.779 bits per heavy atom. The fourth-order valence-electron chi connectivity index (χ4n) is 8.04. The number of amides is 5. The molecule has 18 nitrogen and oxygen atoms in total. The fourth-order valence-corrected chi connectivity index (χ4v) is 8.35. The number of guanidine groups is 1. The van der Waals surface area contributed by atoms with Crippen molar-refractivity contribution in [3.8, 4) is 0 Å². The van der Waals surface area contributed by atoms with Gasteiger partial charge in [0.05, 0.1) is 39.1 Å². The number of nitrogens with two attached hydrogens (primary N) is 2. The molecule has 5 rings (SSSR count). The van der Waals surface area contributed by atoms with Gasteiger partial charge in [0.25, 0.3) is 0 Å². The normalized spacial score (nSPS) is 11.7. The zero-order chi connectivity index (χ0) is 48.7. The first-order chi connectivity index (χ1) is 32.9. The highest BCUT2D eigenvalue weighted by molar-refractivity contribution is 7.98. The number of ketones is 1. The van der Waals surface area contributed by atoms with Gasteiger partial charge in [-0.3, -0.25) is 33.8 Å². The Bertz CT molecular complexity index is 2340. The van der Waals surface area contributed by atoms with E-state index in [1.165, 1.54) is 25.2 Å². The van der Waals surface area contributed by atoms with E-state index in [1.807, 2.05) is 55.8 Å². The minimum absolute atomic E-state index is 0.00347. The molecule has 0 unspecified atom stereocenters. The van der Waals surface area contributed by atoms with Crippen LogP contribution < -0.4 is 22.1 Å². The Labute approximate surface area is 403 Å². The quantitative estimate of drug-likeness (QED) is 0.0243. The number of carbonyl (C=O) groups excluding carboxylic acids is 6. The highest BCUT2D eigenvalue weighted by Crippen LogP contribution is 2.29. The van der Waals surface area contributed by atoms with E-state index in [9.17, 15) is 28.8 Å². The third-order valence-corrected chi connectivity index (χ3v) is 12.3. The fraction of sp³-hybridized carbons (Fsp3) is 0.469. The van der Waals surface area contributed by atoms with Crippen molar-refractivity contribution in [1.82, 2.24) is 45.2 Å². The lowest BCUT2D eigenvalue weighted by Crippen LogP contribution is -2.48. The van der Waals surface area contributed by atoms with Gasteiger partial charge in [-0.1, -0.05) is 55.5 Å². The summed E-state index contributed by atoms with van der Waals surface area (Å²) in [6.07, 6.45) is 12.3. The largest absolute Gasteiger partial charge is 0.370 e. The molecule has 68 heavy (non-hydrogen) atoms. The zero-order valence-corrected chi connectivity index (χ0v) is 40.3. The highest BCUT2D eigenvalue weighted by atomic mass is 32.2. The molecule has 8 N–H and O–H groups in total. The van der Waals surface area contributed by atoms with Gasteiger partial charge in [-0.15, -0.1) is 0 Å². The summed E-state index contributed by atoms with van der Waals surface area (Å²) in [5.41, 5.74) is 17.4. The number of rotatable bonds is 31. The van der Waals surface area contributed by atoms with Gasteiger partial charge in [0, 0.05) is 99.8 Å². The molecular formula is C49H68N12O6S. The van der Waals surface area contributed by atoms with Crippen LogP contribution in [0.3, 0.4) is 0 Å². The lowest BCUT2D eigenvalue weighted by atomic mass is 10.0. The monoisotopic (exact) mass is 953 g/mol. The summed E-state index contributed by atoms with van der Waals surface area (Å²) < 4.78 is 0. The van der Waals surface area contributed by atoms with E-state index in [-0.39, 0.29) is 101 Å². The van der Waals surface area contributed by atoms with Gasteiger partial charge in [0.15, 0.2) is 11.7 Å². The number of hydrogen-bond acceptors (Lipinski definition) is 10. The summed E-state index contributed by atoms with van der Waals surface area (Å²) in [5, 5.41) is 7.03. The van der Waals surface area contributed by atoms with Crippen molar-refractivity contribution in [3.05, 3.63) is 95.7 Å². The van der Waals surface area contributed by atoms with Crippen LogP contribution in [-0.4, -0.2) is 166 Å². The number of thioether (sulfide) groups is 1. The molecule has 0 aliphatic heterocycles. The van der Waals surface area contributed by atoms with Crippen molar-refractivity contribution < 1.29 is 28.8 Å². The van der Waals surface area contributed by atoms with Crippen molar-refractivity contribution in [3.63, 3.8) is 0 Å². The third-order valence-electron chi connectivity index (χ3n) is 11.7. The maximum Gasteiger partial charge on any atom is 0.242 e. The maximum atomic E-state index is 14.2. The second-order valence-corrected chi connectivity index (χ2v) is 17.7. The number of aromatic amines is 2. The lowest BCUT2D eigenvalue weighted by molar-refractivity contribution is -0.143. The summed E-state index contributed by atoms with van der Waals surface area (Å²) in [7, 11) is 0. The second-order valence-electron chi connectivity index (χ2n) is 16.8. The molecule has 0 saturated carbocycles. The number of Topliss-reactive ketones (excluding diaryl/α,β-unsaturated/α-hetero) is 1. The molecular weight excluding hydrogens is 885 g/mol. The molecule has 0 bridgehead atoms. The van der Waals surface area contributed by atoms with Crippen LogP contribution >= 0.6 is 11.8 Å². The van der Waals surface area contributed by atoms with Crippen molar-refractivity contribution in [2.45, 2.75) is 58.3 Å². The average Bonchev–Trinajstić information content (AvgIpc) is 4.11. The minimum Gasteiger partial charge on any atom is -0.370 e. The van der Waals surface area contributed by atoms with Crippen molar-refractivity contribution in [2.75, 3.05) is 90.5 Å². The molecule has 5 amide bonds. The average molecular weight is 953 g/mol. The van der Waals surface area contributed by atoms with Crippen LogP contribution in [0, 0.1) is 0 Å². The maximum absolute atomic E-state index is 14.2. The number of carbonyl (C=O) groups is 6. The van der Waals surface area contributed by atoms with E-state index < -0.39 is 11.8 Å². The smallest absolute Gasteiger partial charge is 0.242 e. The van der Waals surface area contributed by atoms with E-state index >= 15 is 0 Å². The molecule has 1 aliphatic carbocycles. The number of hydrogen-bond donors (Lipinski definition) is 6. The van der Waals surface area contributed by atoms with Crippen LogP contribution in [0.2, 0.25) is 0 Å². The molecule has 2 aromatic carbocycles. The van der Waals surface area contributed by atoms with Crippen molar-refractivity contribution >= 4 is 69.5 Å². The Morgan fingerprint density at radius 3 is 2.25 bits per heavy atom. The number of fused-ring (bicyclic) bond motifs is 2. The van der Waals surface area contributed by atoms with Crippen LogP contribution in [0.25, 0.3) is 16.5 Å². The molecule has 0 atom stereocenters. The Hall–Kier alpha value is -6.47. The van der Waals surface area contributed by atoms with Crippen LogP contribution in [0.5, 0.6) is 0 Å². The van der Waals surface area contributed by atoms with Crippen LogP contribution in [-0.2, 0) is 48.0 Å². The van der Waals surface area contributed by atoms with E-state index in [0.29, 0.717) is 51.7 Å². The summed E-state index contributed by atoms with van der Waals surface area (Å²) in [5.74, 6) is -1.47. The predicted molar refractivity (Wildman–Crippen MR) is 267 cm³/mol. The molecule has 366 valence electrons. The molecule has 0 fully saturated rings. The number of H-pyrrole nitrogens is 2. The molecule has 1 aliphatic rings. The zero-order valence-electron chi connectivity index (χ0n) is 39.5. The third kappa shape index (κ3) is 17.0. The van der Waals surface area contributed by atoms with Gasteiger partial charge in [-0.25, -0.2) is 4.98 Å². The SMILES string of the molecule is CCCN(CC(=O)NCCSC)C(=O)CN(CCc1c[nH]c2ccccc12)C(=O)CCC(=O)CN(CCCN=C(N)N)C(=O)CN(CCC1=CCc2ccccc21)C(=O)CNCCc1cnc[nH]1. The topological polar surface area (TPSA) is 248 Å². The number of nitrogens with one attached hydrogen (secondary N) is 4. The van der Waals surface area contributed by atoms with E-state index in [0.717, 1.165) is 45.5 Å². The molecule has 19 heteroatoms. The number of para-hydroxylation sites is 1. The number of aromatic nitrogens is 3. The first-order valence-corrected chi connectivity index (χ1v) is 24.8. The van der Waals surface area contributed by atoms with Crippen LogP contribution in [0.1, 0.15) is 61.4 Å². The summed E-state index contributed by atoms with van der Waals surface area (Å²) in [4.78, 5) is 103. The Balaban J connectivity index is 1.26. The molecule has 4 aromatic rings. The highest BCUT2D eigenvalue weighted by Gasteiger charge is 2.27. The van der Waals surface area contributed by atoms with E-state index in [1.54, 1.807) is 24.3 Å². The Kier molecular flexibility index (Phi) is 21.6. The van der Waals surface area contributed by atoms with Gasteiger partial charge in [0.2, 0.25) is 29.5 Å². The van der Waals surface area contributed by atoms with E-state index in [2.05, 4.69) is 48.8 Å². The molecule has 2 heterocycles. The van der Waals surface area contributed by atoms with Gasteiger partial charge in [-0.05, 0) is 66.7 Å². The minimum atomic E-state index is -0.430. The summed E-state index contributed by atoms with van der Waals surface area (Å²) >= 11 is 1.60. The number of allylic oxidation sites excluding steroid dienone is 1. The summed E-state index contributed by atoms with van der Waals surface area (Å²) in [6.45, 7) is 3.09. The molecule has 2 aromatic heterocycles. The van der Waals surface area contributed by atoms with Gasteiger partial charge in [-0.2, -0.15) is 11.8 Å².